The zero-order valence-electron chi connectivity index (χ0n) is 16.1. The third kappa shape index (κ3) is 4.53. The van der Waals surface area contributed by atoms with Crippen LogP contribution in [0.25, 0.3) is 22.9 Å². The number of fused-ring (bicyclic) bond motifs is 1. The second kappa shape index (κ2) is 8.44. The molecule has 0 atom stereocenters. The van der Waals surface area contributed by atoms with Crippen molar-refractivity contribution in [3.05, 3.63) is 107 Å². The van der Waals surface area contributed by atoms with Gasteiger partial charge in [-0.2, -0.15) is 0 Å². The van der Waals surface area contributed by atoms with Crippen LogP contribution in [0.5, 0.6) is 0 Å². The SMILES string of the molecule is CC(=O)c1ccc(/C=C/c2ccc(C=Nc3cccc4cnccc34)cc2)cc1. The first-order valence-electron chi connectivity index (χ1n) is 9.45. The van der Waals surface area contributed by atoms with Crippen LogP contribution in [0, 0.1) is 0 Å². The van der Waals surface area contributed by atoms with Crippen LogP contribution in [0.4, 0.5) is 5.69 Å². The molecule has 3 aromatic carbocycles. The van der Waals surface area contributed by atoms with Gasteiger partial charge in [0.15, 0.2) is 5.78 Å². The summed E-state index contributed by atoms with van der Waals surface area (Å²) in [6.45, 7) is 1.58. The van der Waals surface area contributed by atoms with E-state index < -0.39 is 0 Å². The number of Topliss-reactive ketones (excluding diaryl/α,β-unsaturated/α-hetero) is 1. The molecule has 1 aromatic heterocycles. The maximum atomic E-state index is 11.3. The molecule has 0 N–H and O–H groups in total. The van der Waals surface area contributed by atoms with E-state index in [2.05, 4.69) is 40.3 Å². The van der Waals surface area contributed by atoms with E-state index in [1.54, 1.807) is 13.1 Å². The van der Waals surface area contributed by atoms with Crippen LogP contribution < -0.4 is 0 Å². The molecule has 4 aromatic rings. The van der Waals surface area contributed by atoms with E-state index in [1.807, 2.05) is 67.0 Å². The predicted octanol–water partition coefficient (Wildman–Crippen LogP) is 6.36. The minimum Gasteiger partial charge on any atom is -0.295 e. The highest BCUT2D eigenvalue weighted by atomic mass is 16.1. The van der Waals surface area contributed by atoms with E-state index >= 15 is 0 Å². The fourth-order valence-corrected chi connectivity index (χ4v) is 3.08. The van der Waals surface area contributed by atoms with Crippen LogP contribution in [-0.2, 0) is 0 Å². The highest BCUT2D eigenvalue weighted by molar-refractivity contribution is 5.95. The summed E-state index contributed by atoms with van der Waals surface area (Å²) in [7, 11) is 0. The number of carbonyl (C=O) groups excluding carboxylic acids is 1. The minimum atomic E-state index is 0.0814. The van der Waals surface area contributed by atoms with Gasteiger partial charge in [0.2, 0.25) is 0 Å². The van der Waals surface area contributed by atoms with Gasteiger partial charge in [0.25, 0.3) is 0 Å². The summed E-state index contributed by atoms with van der Waals surface area (Å²) in [6.07, 6.45) is 9.61. The maximum absolute atomic E-state index is 11.3. The molecule has 0 unspecified atom stereocenters. The second-order valence-corrected chi connectivity index (χ2v) is 6.81. The first kappa shape index (κ1) is 18.5. The molecule has 1 heterocycles. The van der Waals surface area contributed by atoms with Gasteiger partial charge < -0.3 is 0 Å². The Morgan fingerprint density at radius 2 is 1.48 bits per heavy atom. The van der Waals surface area contributed by atoms with E-state index in [9.17, 15) is 4.79 Å². The van der Waals surface area contributed by atoms with Crippen molar-refractivity contribution in [2.24, 2.45) is 4.99 Å². The minimum absolute atomic E-state index is 0.0814. The molecule has 0 aliphatic carbocycles. The summed E-state index contributed by atoms with van der Waals surface area (Å²) in [6, 6.07) is 23.9. The highest BCUT2D eigenvalue weighted by Gasteiger charge is 1.99. The van der Waals surface area contributed by atoms with Crippen molar-refractivity contribution in [1.29, 1.82) is 0 Å². The Hall–Kier alpha value is -3.85. The van der Waals surface area contributed by atoms with Crippen molar-refractivity contribution in [3.8, 4) is 0 Å². The molecule has 0 fully saturated rings. The first-order valence-corrected chi connectivity index (χ1v) is 9.45. The molecule has 0 aliphatic heterocycles. The van der Waals surface area contributed by atoms with Crippen molar-refractivity contribution in [2.45, 2.75) is 6.92 Å². The number of aliphatic imine (C=N–C) groups is 1. The molecule has 140 valence electrons. The Balaban J connectivity index is 1.47. The Kier molecular flexibility index (Phi) is 5.39. The van der Waals surface area contributed by atoms with Crippen molar-refractivity contribution in [3.63, 3.8) is 0 Å². The fraction of sp³-hybridized carbons (Fsp3) is 0.0385. The molecule has 0 spiro atoms. The van der Waals surface area contributed by atoms with Gasteiger partial charge in [-0.3, -0.25) is 14.8 Å². The lowest BCUT2D eigenvalue weighted by Gasteiger charge is -2.01. The molecule has 4 rings (SSSR count). The van der Waals surface area contributed by atoms with Crippen molar-refractivity contribution >= 4 is 40.6 Å². The van der Waals surface area contributed by atoms with E-state index in [0.29, 0.717) is 0 Å². The van der Waals surface area contributed by atoms with Crippen LogP contribution in [0.1, 0.15) is 34.0 Å². The van der Waals surface area contributed by atoms with E-state index in [1.165, 1.54) is 0 Å². The van der Waals surface area contributed by atoms with Crippen molar-refractivity contribution < 1.29 is 4.79 Å². The summed E-state index contributed by atoms with van der Waals surface area (Å²) < 4.78 is 0. The first-order chi connectivity index (χ1) is 14.2. The Morgan fingerprint density at radius 3 is 2.17 bits per heavy atom. The summed E-state index contributed by atoms with van der Waals surface area (Å²) in [5, 5.41) is 2.17. The molecule has 3 nitrogen and oxygen atoms in total. The molecule has 0 bridgehead atoms. The monoisotopic (exact) mass is 376 g/mol. The van der Waals surface area contributed by atoms with Crippen molar-refractivity contribution in [2.75, 3.05) is 0 Å². The summed E-state index contributed by atoms with van der Waals surface area (Å²) in [5.41, 5.74) is 4.87. The van der Waals surface area contributed by atoms with Gasteiger partial charge in [0.1, 0.15) is 0 Å². The van der Waals surface area contributed by atoms with Gasteiger partial charge in [-0.25, -0.2) is 0 Å². The van der Waals surface area contributed by atoms with Crippen LogP contribution in [0.15, 0.2) is 90.2 Å². The van der Waals surface area contributed by atoms with Gasteiger partial charge in [-0.05, 0) is 35.7 Å². The molecule has 0 amide bonds. The van der Waals surface area contributed by atoms with Crippen LogP contribution in [0.3, 0.4) is 0 Å². The van der Waals surface area contributed by atoms with E-state index in [-0.39, 0.29) is 5.78 Å². The number of hydrogen-bond donors (Lipinski definition) is 0. The lowest BCUT2D eigenvalue weighted by molar-refractivity contribution is 0.101. The zero-order chi connectivity index (χ0) is 20.1. The molecular weight excluding hydrogens is 356 g/mol. The smallest absolute Gasteiger partial charge is 0.159 e. The second-order valence-electron chi connectivity index (χ2n) is 6.81. The Labute approximate surface area is 170 Å². The average molecular weight is 376 g/mol. The van der Waals surface area contributed by atoms with Crippen LogP contribution in [0.2, 0.25) is 0 Å². The molecule has 0 saturated heterocycles. The standard InChI is InChI=1S/C26H20N2O/c1-19(29)23-13-11-21(12-14-23)6-5-20-7-9-22(10-8-20)17-28-26-4-2-3-24-18-27-16-15-25(24)26/h2-18H,1H3/b6-5+,28-17?. The highest BCUT2D eigenvalue weighted by Crippen LogP contribution is 2.24. The number of ketones is 1. The van der Waals surface area contributed by atoms with E-state index in [4.69, 9.17) is 0 Å². The number of nitrogens with zero attached hydrogens (tertiary/aromatic N) is 2. The molecule has 3 heteroatoms. The lowest BCUT2D eigenvalue weighted by Crippen LogP contribution is -1.90. The topological polar surface area (TPSA) is 42.3 Å². The third-order valence-electron chi connectivity index (χ3n) is 4.73. The van der Waals surface area contributed by atoms with Gasteiger partial charge in [-0.15, -0.1) is 0 Å². The van der Waals surface area contributed by atoms with Crippen LogP contribution >= 0.6 is 0 Å². The average Bonchev–Trinajstić information content (AvgIpc) is 2.77. The quantitative estimate of drug-likeness (QED) is 0.231. The molecule has 0 radical (unpaired) electrons. The zero-order valence-corrected chi connectivity index (χ0v) is 16.1. The van der Waals surface area contributed by atoms with Crippen LogP contribution in [-0.4, -0.2) is 17.0 Å². The van der Waals surface area contributed by atoms with Gasteiger partial charge >= 0.3 is 0 Å². The fourth-order valence-electron chi connectivity index (χ4n) is 3.08. The number of aromatic nitrogens is 1. The predicted molar refractivity (Wildman–Crippen MR) is 121 cm³/mol. The lowest BCUT2D eigenvalue weighted by atomic mass is 10.1. The molecular formula is C26H20N2O. The number of carbonyl (C=O) groups is 1. The van der Waals surface area contributed by atoms with Crippen molar-refractivity contribution in [1.82, 2.24) is 4.98 Å². The molecule has 0 aliphatic rings. The number of benzene rings is 3. The summed E-state index contributed by atoms with van der Waals surface area (Å²) in [5.74, 6) is 0.0814. The summed E-state index contributed by atoms with van der Waals surface area (Å²) >= 11 is 0. The van der Waals surface area contributed by atoms with Gasteiger partial charge in [0.05, 0.1) is 5.69 Å². The van der Waals surface area contributed by atoms with Gasteiger partial charge in [-0.1, -0.05) is 72.8 Å². The number of pyridine rings is 1. The van der Waals surface area contributed by atoms with Gasteiger partial charge in [0, 0.05) is 34.9 Å². The third-order valence-corrected chi connectivity index (χ3v) is 4.73. The normalized spacial score (nSPS) is 11.5. The Bertz CT molecular complexity index is 1200. The van der Waals surface area contributed by atoms with E-state index in [0.717, 1.165) is 38.7 Å². The largest absolute Gasteiger partial charge is 0.295 e. The molecule has 0 saturated carbocycles. The number of hydrogen-bond acceptors (Lipinski definition) is 3. The number of rotatable bonds is 5. The Morgan fingerprint density at radius 1 is 0.828 bits per heavy atom. The molecule has 29 heavy (non-hydrogen) atoms. The summed E-state index contributed by atoms with van der Waals surface area (Å²) in [4.78, 5) is 20.2. The maximum Gasteiger partial charge on any atom is 0.159 e.